The Morgan fingerprint density at radius 2 is 0.885 bits per heavy atom. The van der Waals surface area contributed by atoms with Gasteiger partial charge in [-0.15, -0.1) is 0 Å². The molecule has 0 heterocycles. The minimum atomic E-state index is -0.460. The first kappa shape index (κ1) is 34.6. The molecular weight excluding hydrogens is 649 g/mol. The zero-order valence-corrected chi connectivity index (χ0v) is 30.0. The highest BCUT2D eigenvalue weighted by atomic mass is 16.6. The Kier molecular flexibility index (Phi) is 10.1. The summed E-state index contributed by atoms with van der Waals surface area (Å²) < 4.78 is 25.2. The predicted molar refractivity (Wildman–Crippen MR) is 209 cm³/mol. The minimum absolute atomic E-state index is 0.185. The van der Waals surface area contributed by atoms with Crippen LogP contribution < -0.4 is 9.47 Å². The normalized spacial score (nSPS) is 12.5. The second kappa shape index (κ2) is 15.2. The van der Waals surface area contributed by atoms with Crippen LogP contribution in [0.2, 0.25) is 0 Å². The van der Waals surface area contributed by atoms with Crippen molar-refractivity contribution in [2.24, 2.45) is 0 Å². The molecule has 0 spiro atoms. The highest BCUT2D eigenvalue weighted by molar-refractivity contribution is 6.11. The molecule has 0 amide bonds. The molecule has 0 aromatic heterocycles. The number of hydrogen-bond donors (Lipinski definition) is 0. The molecule has 0 fully saturated rings. The van der Waals surface area contributed by atoms with E-state index < -0.39 is 12.2 Å². The molecule has 0 radical (unpaired) electrons. The number of rotatable bonds is 12. The quantitative estimate of drug-likeness (QED) is 0.0939. The predicted octanol–water partition coefficient (Wildman–Crippen LogP) is 10.9. The Hall–Kier alpha value is -5.88. The van der Waals surface area contributed by atoms with Gasteiger partial charge in [-0.1, -0.05) is 110 Å². The summed E-state index contributed by atoms with van der Waals surface area (Å²) >= 11 is 0. The van der Waals surface area contributed by atoms with Crippen molar-refractivity contribution in [1.82, 2.24) is 0 Å². The van der Waals surface area contributed by atoms with Crippen molar-refractivity contribution < 1.29 is 28.5 Å². The van der Waals surface area contributed by atoms with E-state index in [1.807, 2.05) is 113 Å². The van der Waals surface area contributed by atoms with E-state index in [0.29, 0.717) is 35.5 Å². The van der Waals surface area contributed by atoms with Gasteiger partial charge in [-0.3, -0.25) is 0 Å². The van der Waals surface area contributed by atoms with E-state index in [1.165, 1.54) is 0 Å². The Labute approximate surface area is 303 Å². The lowest BCUT2D eigenvalue weighted by atomic mass is 9.97. The van der Waals surface area contributed by atoms with E-state index in [1.54, 1.807) is 12.1 Å². The Morgan fingerprint density at radius 1 is 0.481 bits per heavy atom. The molecule has 7 aromatic carbocycles. The van der Waals surface area contributed by atoms with Gasteiger partial charge in [0.25, 0.3) is 0 Å². The van der Waals surface area contributed by atoms with Crippen molar-refractivity contribution in [3.63, 3.8) is 0 Å². The number of esters is 2. The summed E-state index contributed by atoms with van der Waals surface area (Å²) in [7, 11) is 0. The summed E-state index contributed by atoms with van der Waals surface area (Å²) in [5, 5.41) is 7.66. The van der Waals surface area contributed by atoms with Crippen molar-refractivity contribution >= 4 is 55.0 Å². The maximum atomic E-state index is 13.2. The van der Waals surface area contributed by atoms with Crippen LogP contribution in [0, 0.1) is 13.8 Å². The molecule has 52 heavy (non-hydrogen) atoms. The number of benzene rings is 7. The van der Waals surface area contributed by atoms with E-state index >= 15 is 0 Å². The molecule has 6 nitrogen and oxygen atoms in total. The number of carbonyl (C=O) groups is 2. The third-order valence-corrected chi connectivity index (χ3v) is 9.58. The lowest BCUT2D eigenvalue weighted by molar-refractivity contribution is 0.0159. The van der Waals surface area contributed by atoms with Gasteiger partial charge in [-0.25, -0.2) is 9.59 Å². The maximum Gasteiger partial charge on any atom is 0.338 e. The third kappa shape index (κ3) is 7.28. The zero-order chi connectivity index (χ0) is 36.2. The number of ether oxygens (including phenoxy) is 4. The number of fused-ring (bicyclic) bond motifs is 4. The summed E-state index contributed by atoms with van der Waals surface area (Å²) in [5.74, 6) is 0.655. The summed E-state index contributed by atoms with van der Waals surface area (Å²) in [6.45, 7) is 8.43. The van der Waals surface area contributed by atoms with Crippen molar-refractivity contribution in [3.8, 4) is 11.5 Å². The maximum absolute atomic E-state index is 13.2. The first-order chi connectivity index (χ1) is 25.3. The standard InChI is InChI=1S/C46H42O6/c1-5-37(51-45(47)35-19-17-31-11-7-9-13-33(31)25-35)27-49-43-39-21-15-30(4)24-42(39)44(40-22-16-29(3)23-41(40)43)50-28-38(6-2)52-46(48)36-20-18-32-12-8-10-14-34(32)26-36/h7-26,37-38H,5-6,27-28H2,1-4H3. The van der Waals surface area contributed by atoms with Crippen molar-refractivity contribution in [1.29, 1.82) is 0 Å². The monoisotopic (exact) mass is 690 g/mol. The molecule has 0 saturated carbocycles. The fourth-order valence-electron chi connectivity index (χ4n) is 6.58. The van der Waals surface area contributed by atoms with Crippen LogP contribution >= 0.6 is 0 Å². The molecule has 0 aliphatic rings. The fraction of sp³-hybridized carbons (Fsp3) is 0.217. The Bertz CT molecular complexity index is 2260. The average Bonchev–Trinajstić information content (AvgIpc) is 3.17. The molecule has 6 heteroatoms. The van der Waals surface area contributed by atoms with E-state index in [0.717, 1.165) is 54.2 Å². The SMILES string of the molecule is CCC(COc1c2ccc(C)cc2c(OCC(CC)OC(=O)c2ccc3ccccc3c2)c2ccc(C)cc12)OC(=O)c1ccc2ccccc2c1. The van der Waals surface area contributed by atoms with E-state index in [4.69, 9.17) is 18.9 Å². The largest absolute Gasteiger partial charge is 0.488 e. The number of carbonyl (C=O) groups excluding carboxylic acids is 2. The summed E-state index contributed by atoms with van der Waals surface area (Å²) in [6.07, 6.45) is 0.256. The summed E-state index contributed by atoms with van der Waals surface area (Å²) in [4.78, 5) is 26.5. The molecule has 7 rings (SSSR count). The zero-order valence-electron chi connectivity index (χ0n) is 30.0. The Balaban J connectivity index is 1.14. The molecule has 0 aliphatic carbocycles. The first-order valence-electron chi connectivity index (χ1n) is 17.9. The van der Waals surface area contributed by atoms with Gasteiger partial charge in [0.2, 0.25) is 0 Å². The Morgan fingerprint density at radius 3 is 1.29 bits per heavy atom. The van der Waals surface area contributed by atoms with Crippen LogP contribution in [0.5, 0.6) is 11.5 Å². The van der Waals surface area contributed by atoms with Crippen LogP contribution in [-0.2, 0) is 9.47 Å². The molecule has 0 bridgehead atoms. The topological polar surface area (TPSA) is 71.1 Å². The van der Waals surface area contributed by atoms with Crippen LogP contribution in [0.4, 0.5) is 0 Å². The van der Waals surface area contributed by atoms with Crippen LogP contribution in [0.3, 0.4) is 0 Å². The second-order valence-electron chi connectivity index (χ2n) is 13.4. The lowest BCUT2D eigenvalue weighted by Gasteiger charge is -2.23. The lowest BCUT2D eigenvalue weighted by Crippen LogP contribution is -2.25. The van der Waals surface area contributed by atoms with Crippen LogP contribution in [0.25, 0.3) is 43.1 Å². The molecule has 0 N–H and O–H groups in total. The fourth-order valence-corrected chi connectivity index (χ4v) is 6.58. The molecule has 262 valence electrons. The van der Waals surface area contributed by atoms with Crippen molar-refractivity contribution in [3.05, 3.63) is 144 Å². The van der Waals surface area contributed by atoms with Gasteiger partial charge < -0.3 is 18.9 Å². The van der Waals surface area contributed by atoms with Crippen LogP contribution in [0.15, 0.2) is 121 Å². The molecule has 2 atom stereocenters. The van der Waals surface area contributed by atoms with Crippen LogP contribution in [-0.4, -0.2) is 37.4 Å². The highest BCUT2D eigenvalue weighted by Gasteiger charge is 2.22. The van der Waals surface area contributed by atoms with Gasteiger partial charge in [-0.05, 0) is 84.6 Å². The van der Waals surface area contributed by atoms with Crippen molar-refractivity contribution in [2.75, 3.05) is 13.2 Å². The third-order valence-electron chi connectivity index (χ3n) is 9.58. The van der Waals surface area contributed by atoms with Gasteiger partial charge >= 0.3 is 11.9 Å². The smallest absolute Gasteiger partial charge is 0.338 e. The molecule has 2 unspecified atom stereocenters. The molecule has 7 aromatic rings. The van der Waals surface area contributed by atoms with Crippen molar-refractivity contribution in [2.45, 2.75) is 52.7 Å². The summed E-state index contributed by atoms with van der Waals surface area (Å²) in [6, 6.07) is 39.5. The minimum Gasteiger partial charge on any atom is -0.488 e. The molecular formula is C46H42O6. The first-order valence-corrected chi connectivity index (χ1v) is 17.9. The van der Waals surface area contributed by atoms with E-state index in [2.05, 4.69) is 24.3 Å². The molecule has 0 saturated heterocycles. The van der Waals surface area contributed by atoms with Gasteiger partial charge in [0.15, 0.2) is 0 Å². The van der Waals surface area contributed by atoms with Gasteiger partial charge in [0.1, 0.15) is 36.9 Å². The second-order valence-corrected chi connectivity index (χ2v) is 13.4. The van der Waals surface area contributed by atoms with E-state index in [9.17, 15) is 9.59 Å². The van der Waals surface area contributed by atoms with Crippen LogP contribution in [0.1, 0.15) is 58.5 Å². The van der Waals surface area contributed by atoms with Gasteiger partial charge in [0, 0.05) is 21.5 Å². The van der Waals surface area contributed by atoms with Gasteiger partial charge in [-0.2, -0.15) is 0 Å². The van der Waals surface area contributed by atoms with E-state index in [-0.39, 0.29) is 25.2 Å². The highest BCUT2D eigenvalue weighted by Crippen LogP contribution is 2.44. The van der Waals surface area contributed by atoms with Gasteiger partial charge in [0.05, 0.1) is 11.1 Å². The summed E-state index contributed by atoms with van der Waals surface area (Å²) in [5.41, 5.74) is 3.16. The molecule has 0 aliphatic heterocycles. The average molecular weight is 691 g/mol. The number of hydrogen-bond acceptors (Lipinski definition) is 6. The number of aryl methyl sites for hydroxylation is 2.